The quantitative estimate of drug-likeness (QED) is 0.523. The van der Waals surface area contributed by atoms with Crippen molar-refractivity contribution in [3.8, 4) is 11.1 Å². The summed E-state index contributed by atoms with van der Waals surface area (Å²) in [6.07, 6.45) is 0.527. The van der Waals surface area contributed by atoms with Gasteiger partial charge in [0.25, 0.3) is 0 Å². The van der Waals surface area contributed by atoms with Crippen molar-refractivity contribution in [2.24, 2.45) is 0 Å². The van der Waals surface area contributed by atoms with Gasteiger partial charge in [-0.25, -0.2) is 4.79 Å². The number of hydrogen-bond acceptors (Lipinski definition) is 3. The van der Waals surface area contributed by atoms with E-state index in [1.54, 1.807) is 0 Å². The molecule has 1 aliphatic carbocycles. The highest BCUT2D eigenvalue weighted by atomic mass is 79.9. The smallest absolute Gasteiger partial charge is 0.407 e. The topological polar surface area (TPSA) is 75.6 Å². The summed E-state index contributed by atoms with van der Waals surface area (Å²) in [4.78, 5) is 22.1. The number of carbonyl (C=O) groups is 2. The Morgan fingerprint density at radius 1 is 1.08 bits per heavy atom. The minimum Gasteiger partial charge on any atom is -0.480 e. The molecule has 5 nitrogen and oxygen atoms in total. The van der Waals surface area contributed by atoms with Crippen molar-refractivity contribution in [1.82, 2.24) is 5.32 Å². The molecule has 26 heavy (non-hydrogen) atoms. The summed E-state index contributed by atoms with van der Waals surface area (Å²) in [5.74, 6) is -0.863. The second kappa shape index (κ2) is 8.36. The first-order valence-corrected chi connectivity index (χ1v) is 9.45. The molecule has 6 heteroatoms. The fourth-order valence-electron chi connectivity index (χ4n) is 3.24. The number of hydrogen-bond donors (Lipinski definition) is 2. The van der Waals surface area contributed by atoms with E-state index in [1.165, 1.54) is 22.3 Å². The van der Waals surface area contributed by atoms with E-state index >= 15 is 0 Å². The summed E-state index contributed by atoms with van der Waals surface area (Å²) in [6.45, 7) is 0.655. The average Bonchev–Trinajstić information content (AvgIpc) is 2.97. The molecule has 1 amide bonds. The minimum absolute atomic E-state index is 0.0343. The molecule has 0 radical (unpaired) electrons. The van der Waals surface area contributed by atoms with Crippen molar-refractivity contribution in [3.63, 3.8) is 0 Å². The lowest BCUT2D eigenvalue weighted by Gasteiger charge is -2.14. The van der Waals surface area contributed by atoms with Crippen LogP contribution in [0.15, 0.2) is 48.5 Å². The zero-order valence-electron chi connectivity index (χ0n) is 14.2. The zero-order valence-corrected chi connectivity index (χ0v) is 15.7. The lowest BCUT2D eigenvalue weighted by atomic mass is 9.98. The van der Waals surface area contributed by atoms with Crippen LogP contribution in [-0.4, -0.2) is 35.1 Å². The molecule has 0 saturated carbocycles. The van der Waals surface area contributed by atoms with Crippen LogP contribution < -0.4 is 5.32 Å². The van der Waals surface area contributed by atoms with Crippen molar-refractivity contribution in [2.45, 2.75) is 23.6 Å². The lowest BCUT2D eigenvalue weighted by molar-refractivity contribution is -0.136. The van der Waals surface area contributed by atoms with Gasteiger partial charge in [-0.1, -0.05) is 64.5 Å². The normalized spacial score (nSPS) is 13.6. The maximum absolute atomic E-state index is 11.9. The van der Waals surface area contributed by atoms with E-state index in [2.05, 4.69) is 45.5 Å². The van der Waals surface area contributed by atoms with Crippen LogP contribution in [0.1, 0.15) is 29.9 Å². The maximum Gasteiger partial charge on any atom is 0.407 e. The van der Waals surface area contributed by atoms with Gasteiger partial charge in [-0.2, -0.15) is 0 Å². The van der Waals surface area contributed by atoms with E-state index in [1.807, 2.05) is 24.3 Å². The number of rotatable bonds is 7. The number of carboxylic acids is 1. The van der Waals surface area contributed by atoms with Crippen LogP contribution in [0.2, 0.25) is 0 Å². The molecular weight excluding hydrogens is 398 g/mol. The molecule has 2 N–H and O–H groups in total. The van der Waals surface area contributed by atoms with Crippen molar-refractivity contribution >= 4 is 28.0 Å². The molecule has 2 aromatic carbocycles. The number of benzene rings is 2. The number of aliphatic carboxylic acids is 1. The minimum atomic E-state index is -0.897. The molecular formula is C20H20BrNO4. The van der Waals surface area contributed by atoms with Gasteiger partial charge in [0.15, 0.2) is 0 Å². The van der Waals surface area contributed by atoms with E-state index in [4.69, 9.17) is 9.84 Å². The predicted octanol–water partition coefficient (Wildman–Crippen LogP) is 4.15. The maximum atomic E-state index is 11.9. The molecule has 0 saturated heterocycles. The first kappa shape index (κ1) is 18.5. The number of carbonyl (C=O) groups excluding carboxylic acids is 1. The highest BCUT2D eigenvalue weighted by Gasteiger charge is 2.28. The van der Waals surface area contributed by atoms with E-state index in [9.17, 15) is 9.59 Å². The van der Waals surface area contributed by atoms with Crippen molar-refractivity contribution < 1.29 is 19.4 Å². The van der Waals surface area contributed by atoms with Gasteiger partial charge in [-0.3, -0.25) is 4.79 Å². The first-order valence-electron chi connectivity index (χ1n) is 8.53. The summed E-state index contributed by atoms with van der Waals surface area (Å²) in [5, 5.41) is 11.5. The Bertz CT molecular complexity index is 762. The fraction of sp³-hybridized carbons (Fsp3) is 0.300. The lowest BCUT2D eigenvalue weighted by Crippen LogP contribution is -2.27. The highest BCUT2D eigenvalue weighted by Crippen LogP contribution is 2.44. The van der Waals surface area contributed by atoms with Crippen LogP contribution in [-0.2, 0) is 9.53 Å². The van der Waals surface area contributed by atoms with Gasteiger partial charge in [0.2, 0.25) is 0 Å². The second-order valence-corrected chi connectivity index (χ2v) is 7.31. The zero-order chi connectivity index (χ0) is 18.5. The van der Waals surface area contributed by atoms with E-state index in [0.29, 0.717) is 19.4 Å². The number of amides is 1. The molecule has 0 aliphatic heterocycles. The molecule has 0 heterocycles. The number of fused-ring (bicyclic) bond motifs is 3. The molecule has 2 aromatic rings. The summed E-state index contributed by atoms with van der Waals surface area (Å²) >= 11 is 3.07. The third-order valence-corrected chi connectivity index (χ3v) is 5.36. The molecule has 0 spiro atoms. The van der Waals surface area contributed by atoms with Gasteiger partial charge in [0.05, 0.1) is 0 Å². The molecule has 0 unspecified atom stereocenters. The summed E-state index contributed by atoms with van der Waals surface area (Å²) in [7, 11) is 0. The number of alkyl halides is 1. The number of ether oxygens (including phenoxy) is 1. The first-order chi connectivity index (χ1) is 12.6. The predicted molar refractivity (Wildman–Crippen MR) is 103 cm³/mol. The Morgan fingerprint density at radius 2 is 1.65 bits per heavy atom. The van der Waals surface area contributed by atoms with E-state index in [0.717, 1.165) is 0 Å². The Labute approximate surface area is 160 Å². The van der Waals surface area contributed by atoms with Gasteiger partial charge in [0.1, 0.15) is 11.4 Å². The Morgan fingerprint density at radius 3 is 2.23 bits per heavy atom. The number of nitrogens with one attached hydrogen (secondary N) is 1. The van der Waals surface area contributed by atoms with Crippen molar-refractivity contribution in [2.75, 3.05) is 13.2 Å². The highest BCUT2D eigenvalue weighted by molar-refractivity contribution is 9.10. The van der Waals surface area contributed by atoms with Crippen LogP contribution in [0.3, 0.4) is 0 Å². The van der Waals surface area contributed by atoms with Crippen LogP contribution in [0.5, 0.6) is 0 Å². The van der Waals surface area contributed by atoms with Crippen LogP contribution in [0.25, 0.3) is 11.1 Å². The Balaban J connectivity index is 1.53. The van der Waals surface area contributed by atoms with Crippen molar-refractivity contribution in [1.29, 1.82) is 0 Å². The van der Waals surface area contributed by atoms with Gasteiger partial charge >= 0.3 is 12.1 Å². The number of alkyl carbamates (subject to hydrolysis) is 1. The molecule has 1 atom stereocenters. The Kier molecular flexibility index (Phi) is 5.93. The van der Waals surface area contributed by atoms with Gasteiger partial charge in [0, 0.05) is 12.5 Å². The van der Waals surface area contributed by atoms with Crippen LogP contribution in [0, 0.1) is 0 Å². The van der Waals surface area contributed by atoms with Gasteiger partial charge in [-0.15, -0.1) is 0 Å². The molecule has 0 fully saturated rings. The Hall–Kier alpha value is -2.34. The van der Waals surface area contributed by atoms with E-state index in [-0.39, 0.29) is 12.5 Å². The summed E-state index contributed by atoms with van der Waals surface area (Å²) in [6, 6.07) is 16.3. The van der Waals surface area contributed by atoms with Gasteiger partial charge in [-0.05, 0) is 35.1 Å². The second-order valence-electron chi connectivity index (χ2n) is 6.20. The number of halogens is 1. The summed E-state index contributed by atoms with van der Waals surface area (Å²) in [5.41, 5.74) is 4.72. The molecule has 0 bridgehead atoms. The van der Waals surface area contributed by atoms with Crippen LogP contribution >= 0.6 is 15.9 Å². The monoisotopic (exact) mass is 417 g/mol. The summed E-state index contributed by atoms with van der Waals surface area (Å²) < 4.78 is 5.42. The van der Waals surface area contributed by atoms with Gasteiger partial charge < -0.3 is 15.2 Å². The SMILES string of the molecule is O=C(NCCC[C@@H](Br)C(=O)O)OCC1c2ccccc2-c2ccccc21. The standard InChI is InChI=1S/C20H20BrNO4/c21-18(19(23)24)10-5-11-22-20(25)26-12-17-15-8-3-1-6-13(15)14-7-2-4-9-16(14)17/h1-4,6-9,17-18H,5,10-12H2,(H,22,25)(H,23,24)/t18-/m1/s1. The molecule has 136 valence electrons. The third-order valence-electron chi connectivity index (χ3n) is 4.52. The van der Waals surface area contributed by atoms with E-state index < -0.39 is 16.9 Å². The third kappa shape index (κ3) is 4.07. The van der Waals surface area contributed by atoms with Crippen molar-refractivity contribution in [3.05, 3.63) is 59.7 Å². The molecule has 0 aromatic heterocycles. The molecule has 3 rings (SSSR count). The average molecular weight is 418 g/mol. The van der Waals surface area contributed by atoms with Crippen LogP contribution in [0.4, 0.5) is 4.79 Å². The molecule has 1 aliphatic rings. The largest absolute Gasteiger partial charge is 0.480 e. The fourth-order valence-corrected chi connectivity index (χ4v) is 3.57. The number of carboxylic acid groups (broad SMARTS) is 1.